The summed E-state index contributed by atoms with van der Waals surface area (Å²) in [5, 5.41) is 20.8. The van der Waals surface area contributed by atoms with Crippen molar-refractivity contribution in [3.05, 3.63) is 89.9 Å². The summed E-state index contributed by atoms with van der Waals surface area (Å²) in [5.41, 5.74) is -1.43. The van der Waals surface area contributed by atoms with Crippen LogP contribution >= 0.6 is 15.9 Å². The molecule has 2 N–H and O–H groups in total. The van der Waals surface area contributed by atoms with Gasteiger partial charge in [0.25, 0.3) is 0 Å². The Kier molecular flexibility index (Phi) is 4.73. The van der Waals surface area contributed by atoms with E-state index in [2.05, 4.69) is 15.9 Å². The SMILES string of the molecule is Cc1cc(O)c(C(c2ccccc2Br)c2c(O)cc(C)oc2=O)c(=O)o1. The van der Waals surface area contributed by atoms with Crippen LogP contribution in [0.15, 0.2) is 59.3 Å². The number of hydrogen-bond acceptors (Lipinski definition) is 6. The minimum absolute atomic E-state index is 0.158. The van der Waals surface area contributed by atoms with E-state index in [1.54, 1.807) is 24.3 Å². The van der Waals surface area contributed by atoms with E-state index in [0.717, 1.165) is 0 Å². The maximum Gasteiger partial charge on any atom is 0.343 e. The lowest BCUT2D eigenvalue weighted by molar-refractivity contribution is 0.407. The van der Waals surface area contributed by atoms with Crippen molar-refractivity contribution in [3.63, 3.8) is 0 Å². The second-order valence-electron chi connectivity index (χ2n) is 5.84. The summed E-state index contributed by atoms with van der Waals surface area (Å²) in [5.74, 6) is -1.30. The molecule has 1 aromatic carbocycles. The average Bonchev–Trinajstić information content (AvgIpc) is 2.52. The predicted molar refractivity (Wildman–Crippen MR) is 97.8 cm³/mol. The molecule has 6 nitrogen and oxygen atoms in total. The average molecular weight is 419 g/mol. The van der Waals surface area contributed by atoms with Crippen LogP contribution in [0.5, 0.6) is 11.5 Å². The third-order valence-corrected chi connectivity index (χ3v) is 4.69. The fraction of sp³-hybridized carbons (Fsp3) is 0.158. The Bertz CT molecular complexity index is 1030. The Morgan fingerprint density at radius 2 is 1.35 bits per heavy atom. The van der Waals surface area contributed by atoms with Crippen LogP contribution in [-0.2, 0) is 0 Å². The molecule has 0 fully saturated rings. The van der Waals surface area contributed by atoms with Crippen molar-refractivity contribution in [2.75, 3.05) is 0 Å². The molecule has 0 bridgehead atoms. The quantitative estimate of drug-likeness (QED) is 0.674. The fourth-order valence-corrected chi connectivity index (χ4v) is 3.42. The van der Waals surface area contributed by atoms with E-state index in [-0.39, 0.29) is 34.1 Å². The molecule has 0 aliphatic carbocycles. The molecule has 0 aliphatic heterocycles. The van der Waals surface area contributed by atoms with E-state index >= 15 is 0 Å². The predicted octanol–water partition coefficient (Wildman–Crippen LogP) is 3.56. The third kappa shape index (κ3) is 3.17. The summed E-state index contributed by atoms with van der Waals surface area (Å²) >= 11 is 3.39. The molecule has 0 amide bonds. The summed E-state index contributed by atoms with van der Waals surface area (Å²) in [7, 11) is 0. The molecule has 134 valence electrons. The van der Waals surface area contributed by atoms with E-state index in [4.69, 9.17) is 8.83 Å². The molecule has 0 spiro atoms. The minimum Gasteiger partial charge on any atom is -0.507 e. The van der Waals surface area contributed by atoms with Crippen LogP contribution in [0.2, 0.25) is 0 Å². The van der Waals surface area contributed by atoms with Crippen LogP contribution in [0.4, 0.5) is 0 Å². The van der Waals surface area contributed by atoms with Gasteiger partial charge in [-0.1, -0.05) is 34.1 Å². The van der Waals surface area contributed by atoms with Crippen molar-refractivity contribution in [1.82, 2.24) is 0 Å². The molecule has 7 heteroatoms. The molecule has 0 saturated heterocycles. The third-order valence-electron chi connectivity index (χ3n) is 3.97. The molecule has 2 aromatic heterocycles. The zero-order chi connectivity index (χ0) is 19.0. The Balaban J connectivity index is 2.43. The van der Waals surface area contributed by atoms with E-state index < -0.39 is 17.2 Å². The molecule has 3 aromatic rings. The number of aryl methyl sites for hydroxylation is 2. The van der Waals surface area contributed by atoms with Gasteiger partial charge in [0.2, 0.25) is 0 Å². The van der Waals surface area contributed by atoms with Crippen molar-refractivity contribution < 1.29 is 19.0 Å². The smallest absolute Gasteiger partial charge is 0.343 e. The maximum atomic E-state index is 12.5. The normalized spacial score (nSPS) is 11.1. The zero-order valence-electron chi connectivity index (χ0n) is 13.9. The van der Waals surface area contributed by atoms with Gasteiger partial charge in [-0.3, -0.25) is 0 Å². The first kappa shape index (κ1) is 18.0. The van der Waals surface area contributed by atoms with Crippen LogP contribution in [-0.4, -0.2) is 10.2 Å². The van der Waals surface area contributed by atoms with Crippen molar-refractivity contribution in [2.24, 2.45) is 0 Å². The van der Waals surface area contributed by atoms with Crippen LogP contribution in [0.1, 0.15) is 34.1 Å². The largest absolute Gasteiger partial charge is 0.507 e. The Morgan fingerprint density at radius 3 is 1.77 bits per heavy atom. The highest BCUT2D eigenvalue weighted by atomic mass is 79.9. The first-order valence-corrected chi connectivity index (χ1v) is 8.50. The van der Waals surface area contributed by atoms with Crippen LogP contribution < -0.4 is 11.3 Å². The molecular weight excluding hydrogens is 404 g/mol. The lowest BCUT2D eigenvalue weighted by Crippen LogP contribution is -2.21. The second-order valence-corrected chi connectivity index (χ2v) is 6.70. The molecule has 2 heterocycles. The second kappa shape index (κ2) is 6.84. The standard InChI is InChI=1S/C19H15BrO6/c1-9-7-13(21)16(18(23)25-9)15(11-5-3-4-6-12(11)20)17-14(22)8-10(2)26-19(17)24/h3-8,15,21-22H,1-2H3. The van der Waals surface area contributed by atoms with E-state index in [1.165, 1.54) is 26.0 Å². The molecule has 0 aliphatic rings. The molecule has 0 saturated carbocycles. The van der Waals surface area contributed by atoms with E-state index in [1.807, 2.05) is 0 Å². The van der Waals surface area contributed by atoms with Gasteiger partial charge >= 0.3 is 11.3 Å². The summed E-state index contributed by atoms with van der Waals surface area (Å²) in [6.45, 7) is 3.05. The van der Waals surface area contributed by atoms with Gasteiger partial charge in [0.1, 0.15) is 23.0 Å². The monoisotopic (exact) mass is 418 g/mol. The molecule has 0 atom stereocenters. The Morgan fingerprint density at radius 1 is 0.885 bits per heavy atom. The number of hydrogen-bond donors (Lipinski definition) is 2. The first-order chi connectivity index (χ1) is 12.3. The van der Waals surface area contributed by atoms with Crippen LogP contribution in [0.25, 0.3) is 0 Å². The van der Waals surface area contributed by atoms with Gasteiger partial charge in [-0.2, -0.15) is 0 Å². The van der Waals surface area contributed by atoms with Gasteiger partial charge in [0.05, 0.1) is 17.0 Å². The van der Waals surface area contributed by atoms with Gasteiger partial charge in [-0.15, -0.1) is 0 Å². The lowest BCUT2D eigenvalue weighted by atomic mass is 9.85. The molecule has 0 unspecified atom stereocenters. The molecular formula is C19H15BrO6. The zero-order valence-corrected chi connectivity index (χ0v) is 15.5. The molecule has 3 rings (SSSR count). The highest BCUT2D eigenvalue weighted by Gasteiger charge is 2.31. The number of rotatable bonds is 3. The number of aromatic hydroxyl groups is 2. The van der Waals surface area contributed by atoms with Gasteiger partial charge in [-0.25, -0.2) is 9.59 Å². The van der Waals surface area contributed by atoms with Crippen molar-refractivity contribution in [1.29, 1.82) is 0 Å². The van der Waals surface area contributed by atoms with E-state index in [0.29, 0.717) is 10.0 Å². The Labute approximate surface area is 156 Å². The van der Waals surface area contributed by atoms with Gasteiger partial charge in [-0.05, 0) is 25.5 Å². The summed E-state index contributed by atoms with van der Waals surface area (Å²) in [6, 6.07) is 9.45. The van der Waals surface area contributed by atoms with Gasteiger partial charge in [0, 0.05) is 16.6 Å². The van der Waals surface area contributed by atoms with Crippen molar-refractivity contribution in [2.45, 2.75) is 19.8 Å². The first-order valence-electron chi connectivity index (χ1n) is 7.71. The fourth-order valence-electron chi connectivity index (χ4n) is 2.91. The summed E-state index contributed by atoms with van der Waals surface area (Å²) in [6.07, 6.45) is 0. The number of benzene rings is 1. The van der Waals surface area contributed by atoms with Gasteiger partial charge < -0.3 is 19.0 Å². The van der Waals surface area contributed by atoms with Crippen molar-refractivity contribution >= 4 is 15.9 Å². The molecule has 0 radical (unpaired) electrons. The Hall–Kier alpha value is -2.80. The minimum atomic E-state index is -1.08. The maximum absolute atomic E-state index is 12.5. The summed E-state index contributed by atoms with van der Waals surface area (Å²) < 4.78 is 10.8. The van der Waals surface area contributed by atoms with E-state index in [9.17, 15) is 19.8 Å². The van der Waals surface area contributed by atoms with Gasteiger partial charge in [0.15, 0.2) is 0 Å². The topological polar surface area (TPSA) is 101 Å². The highest BCUT2D eigenvalue weighted by molar-refractivity contribution is 9.10. The van der Waals surface area contributed by atoms with Crippen LogP contribution in [0, 0.1) is 13.8 Å². The van der Waals surface area contributed by atoms with Crippen LogP contribution in [0.3, 0.4) is 0 Å². The number of halogens is 1. The highest BCUT2D eigenvalue weighted by Crippen LogP contribution is 2.40. The summed E-state index contributed by atoms with van der Waals surface area (Å²) in [4.78, 5) is 25.0. The molecule has 26 heavy (non-hydrogen) atoms. The van der Waals surface area contributed by atoms with Crippen molar-refractivity contribution in [3.8, 4) is 11.5 Å². The lowest BCUT2D eigenvalue weighted by Gasteiger charge is -2.19.